The number of ether oxygens (including phenoxy) is 1. The van der Waals surface area contributed by atoms with Crippen molar-refractivity contribution in [3.63, 3.8) is 0 Å². The van der Waals surface area contributed by atoms with Gasteiger partial charge in [-0.25, -0.2) is 8.78 Å². The van der Waals surface area contributed by atoms with Crippen LogP contribution in [0.2, 0.25) is 0 Å². The average molecular weight is 330 g/mol. The molecule has 0 amide bonds. The van der Waals surface area contributed by atoms with Gasteiger partial charge in [-0.05, 0) is 17.7 Å². The third-order valence-electron chi connectivity index (χ3n) is 4.09. The molecule has 0 bridgehead atoms. The zero-order chi connectivity index (χ0) is 17.6. The Balaban J connectivity index is 2.26. The highest BCUT2D eigenvalue weighted by molar-refractivity contribution is 5.84. The molecule has 1 aromatic heterocycles. The normalized spacial score (nSPS) is 20.2. The van der Waals surface area contributed by atoms with E-state index in [1.807, 2.05) is 26.8 Å². The molecule has 0 fully saturated rings. The van der Waals surface area contributed by atoms with Crippen LogP contribution in [0.5, 0.6) is 5.88 Å². The molecule has 0 saturated carbocycles. The van der Waals surface area contributed by atoms with Gasteiger partial charge in [-0.3, -0.25) is 10.5 Å². The summed E-state index contributed by atoms with van der Waals surface area (Å²) in [6.07, 6.45) is 0. The number of benzene rings is 1. The Labute approximate surface area is 137 Å². The minimum absolute atomic E-state index is 0.200. The fourth-order valence-electron chi connectivity index (χ4n) is 2.96. The molecular weight excluding hydrogens is 314 g/mol. The van der Waals surface area contributed by atoms with Crippen molar-refractivity contribution in [1.82, 2.24) is 10.2 Å². The Kier molecular flexibility index (Phi) is 3.63. The molecule has 2 unspecified atom stereocenters. The van der Waals surface area contributed by atoms with Crippen LogP contribution < -0.4 is 4.74 Å². The number of H-pyrrole nitrogens is 1. The molecule has 24 heavy (non-hydrogen) atoms. The van der Waals surface area contributed by atoms with Crippen molar-refractivity contribution in [1.29, 1.82) is 10.7 Å². The van der Waals surface area contributed by atoms with Gasteiger partial charge in [0.25, 0.3) is 0 Å². The van der Waals surface area contributed by atoms with Crippen LogP contribution in [-0.2, 0) is 5.41 Å². The average Bonchev–Trinajstić information content (AvgIpc) is 2.92. The molecule has 0 spiro atoms. The number of nitrogens with zero attached hydrogens (tertiary/aromatic N) is 2. The second kappa shape index (κ2) is 5.41. The molecule has 0 radical (unpaired) electrons. The number of halogens is 2. The summed E-state index contributed by atoms with van der Waals surface area (Å²) in [6.45, 7) is 5.89. The Morgan fingerprint density at radius 3 is 2.58 bits per heavy atom. The van der Waals surface area contributed by atoms with Gasteiger partial charge in [0.05, 0.1) is 6.07 Å². The molecule has 2 aromatic rings. The van der Waals surface area contributed by atoms with E-state index in [9.17, 15) is 14.0 Å². The van der Waals surface area contributed by atoms with Crippen molar-refractivity contribution in [2.24, 2.45) is 5.92 Å². The van der Waals surface area contributed by atoms with E-state index < -0.39 is 23.5 Å². The summed E-state index contributed by atoms with van der Waals surface area (Å²) >= 11 is 0. The van der Waals surface area contributed by atoms with Crippen LogP contribution in [0.1, 0.15) is 43.5 Å². The lowest BCUT2D eigenvalue weighted by atomic mass is 9.76. The number of fused-ring (bicyclic) bond motifs is 1. The van der Waals surface area contributed by atoms with E-state index in [1.54, 1.807) is 0 Å². The van der Waals surface area contributed by atoms with Gasteiger partial charge in [0.2, 0.25) is 11.8 Å². The van der Waals surface area contributed by atoms with Crippen LogP contribution in [0, 0.1) is 34.3 Å². The molecule has 2 N–H and O–H groups in total. The first kappa shape index (κ1) is 16.1. The fourth-order valence-corrected chi connectivity index (χ4v) is 2.96. The summed E-state index contributed by atoms with van der Waals surface area (Å²) in [5.74, 6) is -3.62. The minimum Gasteiger partial charge on any atom is -0.422 e. The van der Waals surface area contributed by atoms with Gasteiger partial charge in [0.1, 0.15) is 5.92 Å². The summed E-state index contributed by atoms with van der Waals surface area (Å²) in [7, 11) is 0. The van der Waals surface area contributed by atoms with Crippen LogP contribution in [0.25, 0.3) is 0 Å². The second-order valence-electron chi connectivity index (χ2n) is 6.79. The van der Waals surface area contributed by atoms with Crippen LogP contribution in [0.4, 0.5) is 8.78 Å². The lowest BCUT2D eigenvalue weighted by Crippen LogP contribution is -2.32. The van der Waals surface area contributed by atoms with Gasteiger partial charge in [-0.15, -0.1) is 5.10 Å². The maximum Gasteiger partial charge on any atom is 0.243 e. The van der Waals surface area contributed by atoms with Gasteiger partial charge < -0.3 is 4.74 Å². The monoisotopic (exact) mass is 330 g/mol. The van der Waals surface area contributed by atoms with Crippen molar-refractivity contribution in [3.8, 4) is 11.9 Å². The first-order valence-electron chi connectivity index (χ1n) is 7.43. The number of nitriles is 1. The van der Waals surface area contributed by atoms with Crippen LogP contribution in [0.3, 0.4) is 0 Å². The molecule has 2 heterocycles. The molecule has 2 atom stereocenters. The predicted molar refractivity (Wildman–Crippen MR) is 82.9 cm³/mol. The third-order valence-corrected chi connectivity index (χ3v) is 4.09. The summed E-state index contributed by atoms with van der Waals surface area (Å²) in [5.41, 5.74) is 1.41. The second-order valence-corrected chi connectivity index (χ2v) is 6.79. The zero-order valence-electron chi connectivity index (χ0n) is 13.4. The maximum absolute atomic E-state index is 13.7. The molecular formula is C17H16F2N4O. The third kappa shape index (κ3) is 2.44. The van der Waals surface area contributed by atoms with Gasteiger partial charge in [0.15, 0.2) is 11.6 Å². The van der Waals surface area contributed by atoms with Crippen molar-refractivity contribution < 1.29 is 13.5 Å². The van der Waals surface area contributed by atoms with E-state index in [2.05, 4.69) is 10.2 Å². The van der Waals surface area contributed by atoms with Gasteiger partial charge in [-0.1, -0.05) is 26.8 Å². The molecule has 1 aliphatic heterocycles. The molecule has 1 aliphatic rings. The van der Waals surface area contributed by atoms with Gasteiger partial charge in [-0.2, -0.15) is 5.26 Å². The van der Waals surface area contributed by atoms with Crippen molar-refractivity contribution in [3.05, 3.63) is 46.7 Å². The Morgan fingerprint density at radius 2 is 2.00 bits per heavy atom. The minimum atomic E-state index is -0.996. The van der Waals surface area contributed by atoms with E-state index in [0.29, 0.717) is 11.1 Å². The topological polar surface area (TPSA) is 85.5 Å². The highest BCUT2D eigenvalue weighted by Gasteiger charge is 2.42. The first-order valence-corrected chi connectivity index (χ1v) is 7.43. The van der Waals surface area contributed by atoms with Gasteiger partial charge >= 0.3 is 0 Å². The quantitative estimate of drug-likeness (QED) is 0.837. The molecule has 3 rings (SSSR count). The number of hydrogen-bond donors (Lipinski definition) is 2. The zero-order valence-corrected chi connectivity index (χ0v) is 13.4. The lowest BCUT2D eigenvalue weighted by molar-refractivity contribution is 0.431. The van der Waals surface area contributed by atoms with E-state index >= 15 is 0 Å². The highest BCUT2D eigenvalue weighted by Crippen LogP contribution is 2.45. The highest BCUT2D eigenvalue weighted by atomic mass is 19.2. The van der Waals surface area contributed by atoms with Crippen LogP contribution >= 0.6 is 0 Å². The molecule has 7 heteroatoms. The summed E-state index contributed by atoms with van der Waals surface area (Å²) in [4.78, 5) is 0. The lowest BCUT2D eigenvalue weighted by Gasteiger charge is -2.30. The van der Waals surface area contributed by atoms with E-state index in [0.717, 1.165) is 17.8 Å². The number of aromatic amines is 1. The number of nitrogens with one attached hydrogen (secondary N) is 2. The number of aromatic nitrogens is 2. The van der Waals surface area contributed by atoms with Gasteiger partial charge in [0, 0.05) is 22.6 Å². The Hall–Kier alpha value is -2.75. The SMILES string of the molecule is CC(C)(C)c1[nH]nc2c1C(c1ccc(F)c(F)c1)C(C#N)C(=N)O2. The summed E-state index contributed by atoms with van der Waals surface area (Å²) in [6, 6.07) is 5.55. The Morgan fingerprint density at radius 1 is 1.29 bits per heavy atom. The summed E-state index contributed by atoms with van der Waals surface area (Å²) in [5, 5.41) is 24.4. The molecule has 1 aromatic carbocycles. The predicted octanol–water partition coefficient (Wildman–Crippen LogP) is 3.63. The number of rotatable bonds is 1. The largest absolute Gasteiger partial charge is 0.422 e. The Bertz CT molecular complexity index is 860. The van der Waals surface area contributed by atoms with E-state index in [-0.39, 0.29) is 17.2 Å². The van der Waals surface area contributed by atoms with E-state index in [1.165, 1.54) is 6.07 Å². The van der Waals surface area contributed by atoms with E-state index in [4.69, 9.17) is 10.1 Å². The molecule has 5 nitrogen and oxygen atoms in total. The van der Waals surface area contributed by atoms with Crippen LogP contribution in [0.15, 0.2) is 18.2 Å². The van der Waals surface area contributed by atoms with Crippen molar-refractivity contribution in [2.45, 2.75) is 32.1 Å². The van der Waals surface area contributed by atoms with Crippen molar-refractivity contribution >= 4 is 5.90 Å². The number of hydrogen-bond acceptors (Lipinski definition) is 4. The molecule has 0 aliphatic carbocycles. The van der Waals surface area contributed by atoms with Crippen LogP contribution in [-0.4, -0.2) is 16.1 Å². The molecule has 0 saturated heterocycles. The first-order chi connectivity index (χ1) is 11.2. The van der Waals surface area contributed by atoms with Crippen molar-refractivity contribution in [2.75, 3.05) is 0 Å². The maximum atomic E-state index is 13.7. The molecule has 124 valence electrons. The fraction of sp³-hybridized carbons (Fsp3) is 0.353. The summed E-state index contributed by atoms with van der Waals surface area (Å²) < 4.78 is 32.4. The standard InChI is InChI=1S/C17H16F2N4O/c1-17(2,3)14-13-12(8-4-5-10(18)11(19)6-8)9(7-20)15(21)24-16(13)23-22-14/h4-6,9,12,21H,1-3H3,(H,22,23). The smallest absolute Gasteiger partial charge is 0.243 e.